The molecule has 0 spiro atoms. The molecule has 2 aliphatic carbocycles. The van der Waals surface area contributed by atoms with Crippen molar-refractivity contribution in [3.05, 3.63) is 47.6 Å². The van der Waals surface area contributed by atoms with E-state index < -0.39 is 0 Å². The largest absolute Gasteiger partial charge is 0.0943 e. The molecule has 0 N–H and O–H groups in total. The van der Waals surface area contributed by atoms with Crippen molar-refractivity contribution in [1.82, 2.24) is 0 Å². The highest BCUT2D eigenvalue weighted by molar-refractivity contribution is 7.60. The van der Waals surface area contributed by atoms with Gasteiger partial charge in [-0.2, -0.15) is 0 Å². The van der Waals surface area contributed by atoms with Gasteiger partial charge >= 0.3 is 0 Å². The van der Waals surface area contributed by atoms with Crippen LogP contribution >= 0.6 is 15.8 Å². The van der Waals surface area contributed by atoms with Crippen LogP contribution in [-0.4, -0.2) is 34.0 Å². The highest BCUT2D eigenvalue weighted by Crippen LogP contribution is 2.58. The van der Waals surface area contributed by atoms with Gasteiger partial charge in [-0.1, -0.05) is 133 Å². The van der Waals surface area contributed by atoms with Crippen molar-refractivity contribution in [2.75, 3.05) is 0 Å². The predicted octanol–water partition coefficient (Wildman–Crippen LogP) is 8.59. The molecule has 0 saturated carbocycles. The third-order valence-corrected chi connectivity index (χ3v) is 13.8. The number of hydrogen-bond acceptors (Lipinski definition) is 0. The van der Waals surface area contributed by atoms with Crippen molar-refractivity contribution in [3.8, 4) is 0 Å². The quantitative estimate of drug-likeness (QED) is 0.329. The van der Waals surface area contributed by atoms with Crippen molar-refractivity contribution in [2.45, 2.75) is 103 Å². The Morgan fingerprint density at radius 1 is 0.536 bits per heavy atom. The Balaban J connectivity index is 2.26. The summed E-state index contributed by atoms with van der Waals surface area (Å²) in [5.74, 6) is 1.14. The molecule has 0 saturated heterocycles. The molecule has 2 aliphatic rings. The Labute approximate surface area is 178 Å². The van der Waals surface area contributed by atoms with Crippen molar-refractivity contribution >= 4 is 15.8 Å². The first-order valence-corrected chi connectivity index (χ1v) is 14.5. The maximum absolute atomic E-state index is 2.51. The Bertz CT molecular complexity index is 561. The van der Waals surface area contributed by atoms with Gasteiger partial charge in [0, 0.05) is 11.8 Å². The third-order valence-electron chi connectivity index (χ3n) is 6.62. The van der Waals surface area contributed by atoms with Gasteiger partial charge in [0.1, 0.15) is 0 Å². The molecular weight excluding hydrogens is 374 g/mol. The minimum Gasteiger partial charge on any atom is -0.0943 e. The molecule has 158 valence electrons. The summed E-state index contributed by atoms with van der Waals surface area (Å²) in [5.41, 5.74) is 7.95. The van der Waals surface area contributed by atoms with E-state index in [1.807, 2.05) is 0 Å². The average Bonchev–Trinajstić information content (AvgIpc) is 3.22. The lowest BCUT2D eigenvalue weighted by Gasteiger charge is -2.39. The van der Waals surface area contributed by atoms with Gasteiger partial charge in [-0.15, -0.1) is 0 Å². The molecule has 0 aromatic heterocycles. The Kier molecular flexibility index (Phi) is 8.80. The fourth-order valence-corrected chi connectivity index (χ4v) is 13.0. The van der Waals surface area contributed by atoms with E-state index in [0.29, 0.717) is 23.2 Å². The summed E-state index contributed by atoms with van der Waals surface area (Å²) in [6.07, 6.45) is 14.6. The zero-order valence-electron chi connectivity index (χ0n) is 20.0. The first kappa shape index (κ1) is 24.1. The van der Waals surface area contributed by atoms with Crippen LogP contribution in [0, 0.1) is 11.8 Å². The second-order valence-electron chi connectivity index (χ2n) is 9.78. The maximum Gasteiger partial charge on any atom is 0.00899 e. The van der Waals surface area contributed by atoms with Gasteiger partial charge in [-0.3, -0.25) is 0 Å². The lowest BCUT2D eigenvalue weighted by Crippen LogP contribution is -2.26. The van der Waals surface area contributed by atoms with E-state index in [-0.39, 0.29) is 15.8 Å². The van der Waals surface area contributed by atoms with E-state index >= 15 is 0 Å². The van der Waals surface area contributed by atoms with Crippen LogP contribution in [0.4, 0.5) is 0 Å². The molecule has 28 heavy (non-hydrogen) atoms. The summed E-state index contributed by atoms with van der Waals surface area (Å²) in [6.45, 7) is 24.5. The second kappa shape index (κ2) is 10.2. The Hall–Kier alpha value is -0.180. The molecular formula is C26H44P2. The van der Waals surface area contributed by atoms with Crippen molar-refractivity contribution in [3.63, 3.8) is 0 Å². The SMILES string of the molecule is CC(C)P(C(C)C)[C@@H](C)C1=CC=CC1C1C=CC=C1[C@H](C)P(C(C)C)C(C)C. The van der Waals surface area contributed by atoms with Crippen molar-refractivity contribution in [2.24, 2.45) is 11.8 Å². The standard InChI is InChI=1S/C26H44P2/c1-17(2)27(18(3)4)21(9)23-13-11-15-25(23)26-16-12-14-24(26)22(10)28(19(5)6)20(7)8/h11-22,25-26H,1-10H3/t21-,22-,25?,26?/m0/s1. The summed E-state index contributed by atoms with van der Waals surface area (Å²) >= 11 is 0. The van der Waals surface area contributed by atoms with Crippen molar-refractivity contribution < 1.29 is 0 Å². The first-order chi connectivity index (χ1) is 13.1. The topological polar surface area (TPSA) is 0 Å². The fraction of sp³-hybridized carbons (Fsp3) is 0.692. The Morgan fingerprint density at radius 2 is 0.821 bits per heavy atom. The minimum atomic E-state index is -0.00231. The van der Waals surface area contributed by atoms with Gasteiger partial charge in [0.25, 0.3) is 0 Å². The molecule has 4 atom stereocenters. The van der Waals surface area contributed by atoms with Gasteiger partial charge in [0.05, 0.1) is 0 Å². The van der Waals surface area contributed by atoms with Crippen LogP contribution in [0.3, 0.4) is 0 Å². The second-order valence-corrected chi connectivity index (χ2v) is 17.2. The first-order valence-electron chi connectivity index (χ1n) is 11.4. The number of allylic oxidation sites excluding steroid dienone is 8. The molecule has 0 heterocycles. The van der Waals surface area contributed by atoms with Gasteiger partial charge in [-0.05, 0) is 34.0 Å². The number of rotatable bonds is 9. The van der Waals surface area contributed by atoms with Gasteiger partial charge < -0.3 is 0 Å². The van der Waals surface area contributed by atoms with Crippen LogP contribution in [0.1, 0.15) is 69.2 Å². The lowest BCUT2D eigenvalue weighted by atomic mass is 9.82. The minimum absolute atomic E-state index is 0.00231. The summed E-state index contributed by atoms with van der Waals surface area (Å²) in [7, 11) is -0.00461. The van der Waals surface area contributed by atoms with Crippen LogP contribution in [0.15, 0.2) is 47.6 Å². The smallest absolute Gasteiger partial charge is 0.00899 e. The third kappa shape index (κ3) is 5.10. The molecule has 0 nitrogen and oxygen atoms in total. The highest BCUT2D eigenvalue weighted by Gasteiger charge is 2.37. The predicted molar refractivity (Wildman–Crippen MR) is 135 cm³/mol. The lowest BCUT2D eigenvalue weighted by molar-refractivity contribution is 0.593. The van der Waals surface area contributed by atoms with Crippen LogP contribution in [0.2, 0.25) is 0 Å². The van der Waals surface area contributed by atoms with Crippen LogP contribution < -0.4 is 0 Å². The van der Waals surface area contributed by atoms with E-state index in [0.717, 1.165) is 22.6 Å². The van der Waals surface area contributed by atoms with Crippen LogP contribution in [0.5, 0.6) is 0 Å². The molecule has 0 radical (unpaired) electrons. The molecule has 2 unspecified atom stereocenters. The van der Waals surface area contributed by atoms with Crippen molar-refractivity contribution in [1.29, 1.82) is 0 Å². The summed E-state index contributed by atoms with van der Waals surface area (Å²) in [4.78, 5) is 0. The monoisotopic (exact) mass is 418 g/mol. The van der Waals surface area contributed by atoms with Gasteiger partial charge in [0.2, 0.25) is 0 Å². The summed E-state index contributed by atoms with van der Waals surface area (Å²) < 4.78 is 0. The zero-order chi connectivity index (χ0) is 21.2. The molecule has 0 aliphatic heterocycles. The molecule has 2 rings (SSSR count). The van der Waals surface area contributed by atoms with E-state index in [4.69, 9.17) is 0 Å². The molecule has 0 fully saturated rings. The highest BCUT2D eigenvalue weighted by atomic mass is 31.1. The van der Waals surface area contributed by atoms with E-state index in [9.17, 15) is 0 Å². The maximum atomic E-state index is 2.51. The summed E-state index contributed by atoms with van der Waals surface area (Å²) in [6, 6.07) is 0. The zero-order valence-corrected chi connectivity index (χ0v) is 21.8. The molecule has 0 aromatic carbocycles. The normalized spacial score (nSPS) is 24.4. The number of hydrogen-bond donors (Lipinski definition) is 0. The summed E-state index contributed by atoms with van der Waals surface area (Å²) in [5, 5.41) is 0. The van der Waals surface area contributed by atoms with Crippen LogP contribution in [-0.2, 0) is 0 Å². The molecule has 0 amide bonds. The van der Waals surface area contributed by atoms with E-state index in [2.05, 4.69) is 106 Å². The Morgan fingerprint density at radius 3 is 1.07 bits per heavy atom. The van der Waals surface area contributed by atoms with Gasteiger partial charge in [-0.25, -0.2) is 0 Å². The van der Waals surface area contributed by atoms with E-state index in [1.165, 1.54) is 0 Å². The average molecular weight is 419 g/mol. The van der Waals surface area contributed by atoms with Gasteiger partial charge in [0.15, 0.2) is 0 Å². The van der Waals surface area contributed by atoms with E-state index in [1.54, 1.807) is 11.1 Å². The van der Waals surface area contributed by atoms with Crippen LogP contribution in [0.25, 0.3) is 0 Å². The fourth-order valence-electron chi connectivity index (χ4n) is 5.83. The molecule has 2 heteroatoms. The molecule has 0 bridgehead atoms. The molecule has 0 aromatic rings.